The molecule has 27 heavy (non-hydrogen) atoms. The first kappa shape index (κ1) is 20.4. The van der Waals surface area contributed by atoms with Crippen LogP contribution in [-0.4, -0.2) is 36.3 Å². The van der Waals surface area contributed by atoms with E-state index in [1.807, 2.05) is 4.90 Å². The van der Waals surface area contributed by atoms with Crippen LogP contribution in [0.4, 0.5) is 15.8 Å². The summed E-state index contributed by atoms with van der Waals surface area (Å²) in [4.78, 5) is 26.4. The largest absolute Gasteiger partial charge is 0.376 e. The minimum atomic E-state index is -0.350. The molecule has 5 nitrogen and oxygen atoms in total. The maximum atomic E-state index is 12.9. The fraction of sp³-hybridized carbons (Fsp3) is 0.333. The average Bonchev–Trinajstić information content (AvgIpc) is 2.68. The Morgan fingerprint density at radius 3 is 2.00 bits per heavy atom. The van der Waals surface area contributed by atoms with E-state index in [1.165, 1.54) is 24.3 Å². The zero-order valence-corrected chi connectivity index (χ0v) is 15.8. The molecule has 2 rings (SSSR count). The monoisotopic (exact) mass is 371 g/mol. The standard InChI is InChI=1S/C21H26FN3O2/c1-3-13-25(14-4-2)21(27)16-5-9-18(10-6-16)23-15-20(26)24-19-11-7-17(22)8-12-19/h5-12,23H,3-4,13-15H2,1-2H3,(H,24,26). The van der Waals surface area contributed by atoms with Crippen LogP contribution in [0.25, 0.3) is 0 Å². The molecule has 2 aromatic rings. The molecule has 0 atom stereocenters. The summed E-state index contributed by atoms with van der Waals surface area (Å²) in [5.41, 5.74) is 1.92. The molecule has 0 aliphatic heterocycles. The van der Waals surface area contributed by atoms with Crippen molar-refractivity contribution in [2.75, 3.05) is 30.3 Å². The molecule has 2 aromatic carbocycles. The number of rotatable bonds is 9. The second kappa shape index (κ2) is 10.3. The van der Waals surface area contributed by atoms with Crippen LogP contribution in [0.2, 0.25) is 0 Å². The van der Waals surface area contributed by atoms with Crippen molar-refractivity contribution in [1.82, 2.24) is 4.90 Å². The number of nitrogens with one attached hydrogen (secondary N) is 2. The zero-order chi connectivity index (χ0) is 19.6. The summed E-state index contributed by atoms with van der Waals surface area (Å²) in [6, 6.07) is 12.7. The van der Waals surface area contributed by atoms with E-state index in [4.69, 9.17) is 0 Å². The lowest BCUT2D eigenvalue weighted by molar-refractivity contribution is -0.114. The van der Waals surface area contributed by atoms with Crippen molar-refractivity contribution in [3.8, 4) is 0 Å². The molecular weight excluding hydrogens is 345 g/mol. The van der Waals surface area contributed by atoms with Crippen molar-refractivity contribution in [3.63, 3.8) is 0 Å². The predicted molar refractivity (Wildman–Crippen MR) is 106 cm³/mol. The minimum Gasteiger partial charge on any atom is -0.376 e. The van der Waals surface area contributed by atoms with Crippen LogP contribution in [-0.2, 0) is 4.79 Å². The van der Waals surface area contributed by atoms with E-state index in [-0.39, 0.29) is 24.2 Å². The van der Waals surface area contributed by atoms with Crippen molar-refractivity contribution in [2.24, 2.45) is 0 Å². The summed E-state index contributed by atoms with van der Waals surface area (Å²) in [5.74, 6) is -0.560. The van der Waals surface area contributed by atoms with Crippen molar-refractivity contribution < 1.29 is 14.0 Å². The molecule has 0 heterocycles. The van der Waals surface area contributed by atoms with Crippen LogP contribution in [0.1, 0.15) is 37.0 Å². The number of amides is 2. The second-order valence-corrected chi connectivity index (χ2v) is 6.28. The van der Waals surface area contributed by atoms with E-state index in [9.17, 15) is 14.0 Å². The van der Waals surface area contributed by atoms with Gasteiger partial charge in [0.05, 0.1) is 6.54 Å². The first-order valence-electron chi connectivity index (χ1n) is 9.22. The highest BCUT2D eigenvalue weighted by molar-refractivity contribution is 5.95. The van der Waals surface area contributed by atoms with Crippen LogP contribution in [0.15, 0.2) is 48.5 Å². The highest BCUT2D eigenvalue weighted by Gasteiger charge is 2.14. The van der Waals surface area contributed by atoms with Crippen molar-refractivity contribution >= 4 is 23.2 Å². The molecule has 2 amide bonds. The fourth-order valence-electron chi connectivity index (χ4n) is 2.69. The molecule has 0 fully saturated rings. The number of hydrogen-bond acceptors (Lipinski definition) is 3. The van der Waals surface area contributed by atoms with Gasteiger partial charge in [0.2, 0.25) is 5.91 Å². The normalized spacial score (nSPS) is 10.3. The Bertz CT molecular complexity index is 739. The Morgan fingerprint density at radius 2 is 1.44 bits per heavy atom. The Hall–Kier alpha value is -2.89. The molecule has 0 radical (unpaired) electrons. The van der Waals surface area contributed by atoms with Gasteiger partial charge in [-0.2, -0.15) is 0 Å². The third kappa shape index (κ3) is 6.40. The van der Waals surface area contributed by atoms with Gasteiger partial charge in [0.15, 0.2) is 0 Å². The van der Waals surface area contributed by atoms with Gasteiger partial charge < -0.3 is 15.5 Å². The topological polar surface area (TPSA) is 61.4 Å². The summed E-state index contributed by atoms with van der Waals surface area (Å²) >= 11 is 0. The Labute approximate surface area is 159 Å². The van der Waals surface area contributed by atoms with Gasteiger partial charge >= 0.3 is 0 Å². The molecule has 0 bridgehead atoms. The summed E-state index contributed by atoms with van der Waals surface area (Å²) < 4.78 is 12.9. The lowest BCUT2D eigenvalue weighted by atomic mass is 10.1. The zero-order valence-electron chi connectivity index (χ0n) is 15.8. The molecular formula is C21H26FN3O2. The maximum absolute atomic E-state index is 12.9. The summed E-state index contributed by atoms with van der Waals surface area (Å²) in [6.07, 6.45) is 1.85. The van der Waals surface area contributed by atoms with E-state index < -0.39 is 0 Å². The van der Waals surface area contributed by atoms with Crippen molar-refractivity contribution in [3.05, 3.63) is 59.9 Å². The Balaban J connectivity index is 1.88. The van der Waals surface area contributed by atoms with Crippen LogP contribution >= 0.6 is 0 Å². The number of halogens is 1. The Kier molecular flexibility index (Phi) is 7.79. The molecule has 0 saturated heterocycles. The van der Waals surface area contributed by atoms with Crippen LogP contribution in [0.5, 0.6) is 0 Å². The molecule has 0 aliphatic carbocycles. The van der Waals surface area contributed by atoms with Gasteiger partial charge in [-0.05, 0) is 61.4 Å². The van der Waals surface area contributed by atoms with Crippen LogP contribution in [0.3, 0.4) is 0 Å². The number of anilines is 2. The van der Waals surface area contributed by atoms with Gasteiger partial charge in [-0.3, -0.25) is 9.59 Å². The first-order valence-corrected chi connectivity index (χ1v) is 9.22. The minimum absolute atomic E-state index is 0.0271. The number of carbonyl (C=O) groups is 2. The highest BCUT2D eigenvalue weighted by Crippen LogP contribution is 2.13. The van der Waals surface area contributed by atoms with E-state index in [0.717, 1.165) is 31.6 Å². The van der Waals surface area contributed by atoms with E-state index >= 15 is 0 Å². The van der Waals surface area contributed by atoms with Gasteiger partial charge in [0.25, 0.3) is 5.91 Å². The average molecular weight is 371 g/mol. The van der Waals surface area contributed by atoms with Gasteiger partial charge in [0, 0.05) is 30.0 Å². The van der Waals surface area contributed by atoms with E-state index in [0.29, 0.717) is 11.3 Å². The number of benzene rings is 2. The molecule has 0 aromatic heterocycles. The molecule has 0 unspecified atom stereocenters. The lowest BCUT2D eigenvalue weighted by Crippen LogP contribution is -2.32. The predicted octanol–water partition coefficient (Wildman–Crippen LogP) is 4.14. The molecule has 6 heteroatoms. The Morgan fingerprint density at radius 1 is 0.889 bits per heavy atom. The van der Waals surface area contributed by atoms with Gasteiger partial charge in [0.1, 0.15) is 5.82 Å². The second-order valence-electron chi connectivity index (χ2n) is 6.28. The summed E-state index contributed by atoms with van der Waals surface area (Å²) in [7, 11) is 0. The molecule has 0 spiro atoms. The smallest absolute Gasteiger partial charge is 0.253 e. The van der Waals surface area contributed by atoms with Crippen molar-refractivity contribution in [1.29, 1.82) is 0 Å². The number of hydrogen-bond donors (Lipinski definition) is 2. The van der Waals surface area contributed by atoms with Gasteiger partial charge in [-0.1, -0.05) is 13.8 Å². The molecule has 0 saturated carbocycles. The van der Waals surface area contributed by atoms with Gasteiger partial charge in [-0.15, -0.1) is 0 Å². The lowest BCUT2D eigenvalue weighted by Gasteiger charge is -2.21. The molecule has 2 N–H and O–H groups in total. The van der Waals surface area contributed by atoms with E-state index in [2.05, 4.69) is 24.5 Å². The van der Waals surface area contributed by atoms with E-state index in [1.54, 1.807) is 24.3 Å². The summed E-state index contributed by atoms with van der Waals surface area (Å²) in [5, 5.41) is 5.69. The SMILES string of the molecule is CCCN(CCC)C(=O)c1ccc(NCC(=O)Nc2ccc(F)cc2)cc1. The third-order valence-corrected chi connectivity index (χ3v) is 3.99. The van der Waals surface area contributed by atoms with Crippen LogP contribution in [0, 0.1) is 5.82 Å². The number of carbonyl (C=O) groups excluding carboxylic acids is 2. The molecule has 144 valence electrons. The maximum Gasteiger partial charge on any atom is 0.253 e. The quantitative estimate of drug-likeness (QED) is 0.696. The van der Waals surface area contributed by atoms with Gasteiger partial charge in [-0.25, -0.2) is 4.39 Å². The highest BCUT2D eigenvalue weighted by atomic mass is 19.1. The number of nitrogens with zero attached hydrogens (tertiary/aromatic N) is 1. The summed E-state index contributed by atoms with van der Waals surface area (Å²) in [6.45, 7) is 5.68. The van der Waals surface area contributed by atoms with Crippen molar-refractivity contribution in [2.45, 2.75) is 26.7 Å². The van der Waals surface area contributed by atoms with Crippen LogP contribution < -0.4 is 10.6 Å². The molecule has 0 aliphatic rings. The fourth-order valence-corrected chi connectivity index (χ4v) is 2.69. The third-order valence-electron chi connectivity index (χ3n) is 3.99. The first-order chi connectivity index (χ1) is 13.0.